The van der Waals surface area contributed by atoms with Gasteiger partial charge >= 0.3 is 0 Å². The first-order valence-electron chi connectivity index (χ1n) is 12.1. The zero-order chi connectivity index (χ0) is 25.5. The fourth-order valence-corrected chi connectivity index (χ4v) is 5.89. The summed E-state index contributed by atoms with van der Waals surface area (Å²) < 4.78 is 27.7. The van der Waals surface area contributed by atoms with E-state index in [9.17, 15) is 18.0 Å². The van der Waals surface area contributed by atoms with Crippen molar-refractivity contribution in [3.05, 3.63) is 102 Å². The maximum Gasteiger partial charge on any atom is 0.251 e. The van der Waals surface area contributed by atoms with Crippen LogP contribution in [0.5, 0.6) is 0 Å². The van der Waals surface area contributed by atoms with E-state index in [0.29, 0.717) is 24.9 Å². The topological polar surface area (TPSA) is 95.6 Å². The van der Waals surface area contributed by atoms with Gasteiger partial charge < -0.3 is 10.6 Å². The van der Waals surface area contributed by atoms with E-state index >= 15 is 0 Å². The molecule has 7 nitrogen and oxygen atoms in total. The van der Waals surface area contributed by atoms with E-state index < -0.39 is 16.1 Å². The van der Waals surface area contributed by atoms with E-state index in [1.165, 1.54) is 4.31 Å². The second kappa shape index (κ2) is 11.5. The molecule has 2 amide bonds. The largest absolute Gasteiger partial charge is 0.350 e. The number of rotatable bonds is 8. The molecule has 2 N–H and O–H groups in total. The Balaban J connectivity index is 1.46. The Hall–Kier alpha value is -3.49. The number of amides is 2. The SMILES string of the molecule is Cc1ccc(S(=O)(=O)N2CCC(C(NC(=O)c3ccccc3)C(=O)NCc3ccccc3)CC2)cc1. The van der Waals surface area contributed by atoms with Crippen molar-refractivity contribution < 1.29 is 18.0 Å². The van der Waals surface area contributed by atoms with Gasteiger partial charge in [0.05, 0.1) is 4.90 Å². The first kappa shape index (κ1) is 25.6. The van der Waals surface area contributed by atoms with Crippen LogP contribution in [0, 0.1) is 12.8 Å². The molecule has 1 saturated heterocycles. The fourth-order valence-electron chi connectivity index (χ4n) is 4.42. The van der Waals surface area contributed by atoms with Crippen molar-refractivity contribution in [1.82, 2.24) is 14.9 Å². The molecule has 1 atom stereocenters. The third-order valence-electron chi connectivity index (χ3n) is 6.54. The highest BCUT2D eigenvalue weighted by atomic mass is 32.2. The van der Waals surface area contributed by atoms with Gasteiger partial charge in [0.2, 0.25) is 15.9 Å². The fraction of sp³-hybridized carbons (Fsp3) is 0.286. The summed E-state index contributed by atoms with van der Waals surface area (Å²) >= 11 is 0. The lowest BCUT2D eigenvalue weighted by Gasteiger charge is -2.35. The van der Waals surface area contributed by atoms with Crippen LogP contribution in [0.4, 0.5) is 0 Å². The van der Waals surface area contributed by atoms with Gasteiger partial charge in [-0.05, 0) is 55.5 Å². The minimum atomic E-state index is -3.62. The van der Waals surface area contributed by atoms with Gasteiger partial charge in [-0.1, -0.05) is 66.2 Å². The maximum atomic E-state index is 13.3. The number of hydrogen-bond acceptors (Lipinski definition) is 4. The number of nitrogens with one attached hydrogen (secondary N) is 2. The third-order valence-corrected chi connectivity index (χ3v) is 8.46. The van der Waals surface area contributed by atoms with Crippen LogP contribution in [0.15, 0.2) is 89.8 Å². The Bertz CT molecular complexity index is 1270. The molecule has 1 unspecified atom stereocenters. The van der Waals surface area contributed by atoms with Crippen LogP contribution in [-0.2, 0) is 21.4 Å². The van der Waals surface area contributed by atoms with Crippen LogP contribution in [-0.4, -0.2) is 43.7 Å². The van der Waals surface area contributed by atoms with Crippen molar-refractivity contribution in [3.63, 3.8) is 0 Å². The Kier molecular flexibility index (Phi) is 8.18. The zero-order valence-electron chi connectivity index (χ0n) is 20.3. The summed E-state index contributed by atoms with van der Waals surface area (Å²) in [7, 11) is -3.62. The average molecular weight is 506 g/mol. The van der Waals surface area contributed by atoms with Crippen LogP contribution in [0.3, 0.4) is 0 Å². The lowest BCUT2D eigenvalue weighted by molar-refractivity contribution is -0.124. The van der Waals surface area contributed by atoms with E-state index in [1.807, 2.05) is 43.3 Å². The molecular weight excluding hydrogens is 474 g/mol. The molecule has 188 valence electrons. The molecule has 4 rings (SSSR count). The minimum Gasteiger partial charge on any atom is -0.350 e. The molecule has 0 aromatic heterocycles. The van der Waals surface area contributed by atoms with Crippen LogP contribution in [0.25, 0.3) is 0 Å². The van der Waals surface area contributed by atoms with Gasteiger partial charge in [-0.2, -0.15) is 4.31 Å². The van der Waals surface area contributed by atoms with Gasteiger partial charge in [0, 0.05) is 25.2 Å². The molecule has 1 aliphatic rings. The highest BCUT2D eigenvalue weighted by Crippen LogP contribution is 2.26. The summed E-state index contributed by atoms with van der Waals surface area (Å²) in [6, 6.07) is 24.4. The van der Waals surface area contributed by atoms with Crippen LogP contribution in [0.1, 0.15) is 34.3 Å². The summed E-state index contributed by atoms with van der Waals surface area (Å²) in [5.41, 5.74) is 2.42. The van der Waals surface area contributed by atoms with Crippen molar-refractivity contribution in [2.45, 2.75) is 37.2 Å². The molecule has 36 heavy (non-hydrogen) atoms. The standard InChI is InChI=1S/C28H31N3O4S/c1-21-12-14-25(15-13-21)36(34,35)31-18-16-23(17-19-31)26(30-27(32)24-10-6-3-7-11-24)28(33)29-20-22-8-4-2-5-9-22/h2-15,23,26H,16-20H2,1H3,(H,29,33)(H,30,32). The third kappa shape index (κ3) is 6.19. The van der Waals surface area contributed by atoms with Gasteiger partial charge in [-0.25, -0.2) is 8.42 Å². The molecule has 0 saturated carbocycles. The summed E-state index contributed by atoms with van der Waals surface area (Å²) in [6.07, 6.45) is 0.924. The van der Waals surface area contributed by atoms with Gasteiger partial charge in [0.1, 0.15) is 6.04 Å². The van der Waals surface area contributed by atoms with E-state index in [1.54, 1.807) is 48.5 Å². The zero-order valence-corrected chi connectivity index (χ0v) is 21.1. The van der Waals surface area contributed by atoms with Gasteiger partial charge in [0.25, 0.3) is 5.91 Å². The monoisotopic (exact) mass is 505 g/mol. The molecule has 0 radical (unpaired) electrons. The Morgan fingerprint density at radius 2 is 1.47 bits per heavy atom. The Labute approximate surface area is 212 Å². The highest BCUT2D eigenvalue weighted by molar-refractivity contribution is 7.89. The predicted molar refractivity (Wildman–Crippen MR) is 139 cm³/mol. The molecule has 8 heteroatoms. The quantitative estimate of drug-likeness (QED) is 0.490. The predicted octanol–water partition coefficient (Wildman–Crippen LogP) is 3.51. The van der Waals surface area contributed by atoms with Crippen molar-refractivity contribution in [1.29, 1.82) is 0 Å². The lowest BCUT2D eigenvalue weighted by Crippen LogP contribution is -2.53. The Morgan fingerprint density at radius 1 is 0.889 bits per heavy atom. The molecule has 1 aliphatic heterocycles. The van der Waals surface area contributed by atoms with Crippen LogP contribution in [0.2, 0.25) is 0 Å². The summed E-state index contributed by atoms with van der Waals surface area (Å²) in [5.74, 6) is -0.800. The van der Waals surface area contributed by atoms with Gasteiger partial charge in [-0.3, -0.25) is 9.59 Å². The summed E-state index contributed by atoms with van der Waals surface area (Å²) in [6.45, 7) is 2.82. The first-order valence-corrected chi connectivity index (χ1v) is 13.5. The second-order valence-electron chi connectivity index (χ2n) is 9.08. The molecule has 0 spiro atoms. The number of aryl methyl sites for hydroxylation is 1. The lowest BCUT2D eigenvalue weighted by atomic mass is 9.89. The molecule has 1 fully saturated rings. The number of piperidine rings is 1. The van der Waals surface area contributed by atoms with E-state index in [0.717, 1.165) is 11.1 Å². The van der Waals surface area contributed by atoms with Crippen molar-refractivity contribution in [2.24, 2.45) is 5.92 Å². The van der Waals surface area contributed by atoms with Crippen molar-refractivity contribution in [2.75, 3.05) is 13.1 Å². The molecular formula is C28H31N3O4S. The number of carbonyl (C=O) groups is 2. The van der Waals surface area contributed by atoms with E-state index in [4.69, 9.17) is 0 Å². The molecule has 1 heterocycles. The minimum absolute atomic E-state index is 0.196. The summed E-state index contributed by atoms with van der Waals surface area (Å²) in [4.78, 5) is 26.4. The van der Waals surface area contributed by atoms with Crippen molar-refractivity contribution in [3.8, 4) is 0 Å². The number of sulfonamides is 1. The second-order valence-corrected chi connectivity index (χ2v) is 11.0. The van der Waals surface area contributed by atoms with Gasteiger partial charge in [0.15, 0.2) is 0 Å². The molecule has 0 aliphatic carbocycles. The van der Waals surface area contributed by atoms with E-state index in [-0.39, 0.29) is 35.7 Å². The van der Waals surface area contributed by atoms with E-state index in [2.05, 4.69) is 10.6 Å². The molecule has 3 aromatic rings. The van der Waals surface area contributed by atoms with Crippen LogP contribution >= 0.6 is 0 Å². The normalized spacial score (nSPS) is 15.7. The van der Waals surface area contributed by atoms with Gasteiger partial charge in [-0.15, -0.1) is 0 Å². The van der Waals surface area contributed by atoms with Crippen LogP contribution < -0.4 is 10.6 Å². The highest BCUT2D eigenvalue weighted by Gasteiger charge is 2.36. The number of benzene rings is 3. The smallest absolute Gasteiger partial charge is 0.251 e. The molecule has 0 bridgehead atoms. The maximum absolute atomic E-state index is 13.3. The number of hydrogen-bond donors (Lipinski definition) is 2. The number of nitrogens with zero attached hydrogens (tertiary/aromatic N) is 1. The average Bonchev–Trinajstić information content (AvgIpc) is 2.91. The molecule has 3 aromatic carbocycles. The Morgan fingerprint density at radius 3 is 2.08 bits per heavy atom. The van der Waals surface area contributed by atoms with Crippen molar-refractivity contribution >= 4 is 21.8 Å². The number of carbonyl (C=O) groups excluding carboxylic acids is 2. The first-order chi connectivity index (χ1) is 17.3. The summed E-state index contributed by atoms with van der Waals surface area (Å²) in [5, 5.41) is 5.85.